The summed E-state index contributed by atoms with van der Waals surface area (Å²) >= 11 is 1.86. The van der Waals surface area contributed by atoms with Crippen molar-refractivity contribution in [1.29, 1.82) is 0 Å². The Kier molecular flexibility index (Phi) is 4.24. The molecule has 0 amide bonds. The van der Waals surface area contributed by atoms with Crippen molar-refractivity contribution in [1.82, 2.24) is 4.57 Å². The molecule has 0 atom stereocenters. The lowest BCUT2D eigenvalue weighted by molar-refractivity contribution is 0.669. The Bertz CT molecular complexity index is 2350. The first-order valence-electron chi connectivity index (χ1n) is 13.2. The van der Waals surface area contributed by atoms with Gasteiger partial charge in [0.25, 0.3) is 0 Å². The van der Waals surface area contributed by atoms with Gasteiger partial charge in [0.05, 0.1) is 11.0 Å². The minimum atomic E-state index is 0.931. The molecule has 0 spiro atoms. The third-order valence-corrected chi connectivity index (χ3v) is 9.14. The van der Waals surface area contributed by atoms with Gasteiger partial charge in [-0.3, -0.25) is 0 Å². The molecule has 0 aliphatic rings. The van der Waals surface area contributed by atoms with Gasteiger partial charge in [0.1, 0.15) is 11.2 Å². The molecule has 2 nitrogen and oxygen atoms in total. The van der Waals surface area contributed by atoms with E-state index in [2.05, 4.69) is 120 Å². The van der Waals surface area contributed by atoms with E-state index in [1.165, 1.54) is 58.8 Å². The molecular weight excluding hydrogens is 494 g/mol. The van der Waals surface area contributed by atoms with Crippen LogP contribution in [-0.4, -0.2) is 4.57 Å². The summed E-state index contributed by atoms with van der Waals surface area (Å²) in [6, 6.07) is 45.9. The van der Waals surface area contributed by atoms with Crippen LogP contribution in [-0.2, 0) is 0 Å². The second-order valence-corrected chi connectivity index (χ2v) is 11.3. The Morgan fingerprint density at radius 3 is 1.87 bits per heavy atom. The van der Waals surface area contributed by atoms with Crippen LogP contribution < -0.4 is 0 Å². The van der Waals surface area contributed by atoms with E-state index in [1.54, 1.807) is 0 Å². The van der Waals surface area contributed by atoms with Crippen molar-refractivity contribution in [2.24, 2.45) is 0 Å². The Hall–Kier alpha value is -4.86. The van der Waals surface area contributed by atoms with Crippen molar-refractivity contribution >= 4 is 75.3 Å². The first-order chi connectivity index (χ1) is 19.3. The van der Waals surface area contributed by atoms with Crippen LogP contribution in [0.1, 0.15) is 0 Å². The van der Waals surface area contributed by atoms with Gasteiger partial charge in [-0.2, -0.15) is 0 Å². The molecule has 9 aromatic rings. The van der Waals surface area contributed by atoms with Crippen LogP contribution in [0.25, 0.3) is 80.7 Å². The number of benzene rings is 6. The van der Waals surface area contributed by atoms with Gasteiger partial charge in [0, 0.05) is 47.4 Å². The lowest BCUT2D eigenvalue weighted by atomic mass is 10.0. The van der Waals surface area contributed by atoms with Crippen molar-refractivity contribution < 1.29 is 4.42 Å². The number of hydrogen-bond donors (Lipinski definition) is 0. The standard InChI is InChI=1S/C36H21NOS/c1-4-10-31-25(7-1)26-8-2-5-11-32(26)37(31)24-15-18-35-30(21-24)29-17-14-23(20-36(29)39-35)22-13-16-28-27-9-3-6-12-33(27)38-34(28)19-22/h1-21H. The summed E-state index contributed by atoms with van der Waals surface area (Å²) in [4.78, 5) is 0. The number of hydrogen-bond acceptors (Lipinski definition) is 2. The van der Waals surface area contributed by atoms with Crippen molar-refractivity contribution in [3.05, 3.63) is 127 Å². The Morgan fingerprint density at radius 1 is 0.436 bits per heavy atom. The molecule has 0 unspecified atom stereocenters. The normalized spacial score (nSPS) is 12.1. The highest BCUT2D eigenvalue weighted by atomic mass is 32.1. The number of nitrogens with zero attached hydrogens (tertiary/aromatic N) is 1. The lowest BCUT2D eigenvalue weighted by Crippen LogP contribution is -1.93. The molecule has 3 heteroatoms. The monoisotopic (exact) mass is 515 g/mol. The average molecular weight is 516 g/mol. The minimum Gasteiger partial charge on any atom is -0.456 e. The van der Waals surface area contributed by atoms with E-state index in [9.17, 15) is 0 Å². The summed E-state index contributed by atoms with van der Waals surface area (Å²) in [5.74, 6) is 0. The van der Waals surface area contributed by atoms with E-state index >= 15 is 0 Å². The predicted molar refractivity (Wildman–Crippen MR) is 166 cm³/mol. The summed E-state index contributed by atoms with van der Waals surface area (Å²) in [6.45, 7) is 0. The molecule has 0 radical (unpaired) electrons. The third kappa shape index (κ3) is 3.02. The molecule has 39 heavy (non-hydrogen) atoms. The second-order valence-electron chi connectivity index (χ2n) is 10.2. The molecule has 3 aromatic heterocycles. The Balaban J connectivity index is 1.21. The van der Waals surface area contributed by atoms with Gasteiger partial charge in [0.2, 0.25) is 0 Å². The maximum Gasteiger partial charge on any atom is 0.136 e. The summed E-state index contributed by atoms with van der Waals surface area (Å²) in [7, 11) is 0. The fraction of sp³-hybridized carbons (Fsp3) is 0. The minimum absolute atomic E-state index is 0.931. The highest BCUT2D eigenvalue weighted by Crippen LogP contribution is 2.40. The first kappa shape index (κ1) is 21.1. The van der Waals surface area contributed by atoms with E-state index in [0.717, 1.165) is 21.9 Å². The van der Waals surface area contributed by atoms with Crippen LogP contribution in [0.3, 0.4) is 0 Å². The van der Waals surface area contributed by atoms with Crippen LogP contribution in [0.2, 0.25) is 0 Å². The number of para-hydroxylation sites is 3. The van der Waals surface area contributed by atoms with E-state index < -0.39 is 0 Å². The molecule has 0 bridgehead atoms. The highest BCUT2D eigenvalue weighted by molar-refractivity contribution is 7.25. The zero-order valence-electron chi connectivity index (χ0n) is 20.9. The molecular formula is C36H21NOS. The third-order valence-electron chi connectivity index (χ3n) is 8.01. The molecule has 0 aliphatic heterocycles. The van der Waals surface area contributed by atoms with Crippen LogP contribution in [0.4, 0.5) is 0 Å². The van der Waals surface area contributed by atoms with Crippen molar-refractivity contribution in [2.45, 2.75) is 0 Å². The summed E-state index contributed by atoms with van der Waals surface area (Å²) in [6.07, 6.45) is 0. The molecule has 0 fully saturated rings. The molecule has 9 rings (SSSR count). The lowest BCUT2D eigenvalue weighted by Gasteiger charge is -2.08. The van der Waals surface area contributed by atoms with E-state index in [0.29, 0.717) is 0 Å². The van der Waals surface area contributed by atoms with Crippen molar-refractivity contribution in [2.75, 3.05) is 0 Å². The highest BCUT2D eigenvalue weighted by Gasteiger charge is 2.14. The Labute approximate surface area is 227 Å². The van der Waals surface area contributed by atoms with Gasteiger partial charge in [-0.15, -0.1) is 11.3 Å². The van der Waals surface area contributed by atoms with Crippen LogP contribution in [0, 0.1) is 0 Å². The summed E-state index contributed by atoms with van der Waals surface area (Å²) in [5.41, 5.74) is 7.91. The quantitative estimate of drug-likeness (QED) is 0.224. The van der Waals surface area contributed by atoms with Gasteiger partial charge in [-0.1, -0.05) is 72.8 Å². The molecule has 0 saturated carbocycles. The van der Waals surface area contributed by atoms with Crippen LogP contribution >= 0.6 is 11.3 Å². The zero-order chi connectivity index (χ0) is 25.5. The van der Waals surface area contributed by atoms with Gasteiger partial charge in [-0.05, 0) is 65.7 Å². The fourth-order valence-corrected chi connectivity index (χ4v) is 7.32. The van der Waals surface area contributed by atoms with Crippen molar-refractivity contribution in [3.8, 4) is 16.8 Å². The van der Waals surface area contributed by atoms with E-state index in [1.807, 2.05) is 23.5 Å². The topological polar surface area (TPSA) is 18.1 Å². The summed E-state index contributed by atoms with van der Waals surface area (Å²) < 4.78 is 11.2. The maximum absolute atomic E-state index is 6.16. The molecule has 0 saturated heterocycles. The SMILES string of the molecule is c1ccc2c(c1)oc1cc(-c3ccc4c(c3)sc3ccc(-n5c6ccccc6c6ccccc65)cc34)ccc12. The molecule has 6 aromatic carbocycles. The molecule has 3 heterocycles. The number of furan rings is 1. The predicted octanol–water partition coefficient (Wildman–Crippen LogP) is 10.7. The van der Waals surface area contributed by atoms with Gasteiger partial charge >= 0.3 is 0 Å². The molecule has 0 aliphatic carbocycles. The van der Waals surface area contributed by atoms with Crippen LogP contribution in [0.15, 0.2) is 132 Å². The Morgan fingerprint density at radius 2 is 1.08 bits per heavy atom. The van der Waals surface area contributed by atoms with Gasteiger partial charge < -0.3 is 8.98 Å². The average Bonchev–Trinajstić information content (AvgIpc) is 3.65. The van der Waals surface area contributed by atoms with Crippen LogP contribution in [0.5, 0.6) is 0 Å². The van der Waals surface area contributed by atoms with E-state index in [-0.39, 0.29) is 0 Å². The number of fused-ring (bicyclic) bond motifs is 9. The molecule has 0 N–H and O–H groups in total. The molecule has 182 valence electrons. The van der Waals surface area contributed by atoms with E-state index in [4.69, 9.17) is 4.42 Å². The van der Waals surface area contributed by atoms with Gasteiger partial charge in [0.15, 0.2) is 0 Å². The van der Waals surface area contributed by atoms with Crippen molar-refractivity contribution in [3.63, 3.8) is 0 Å². The number of rotatable bonds is 2. The number of thiophene rings is 1. The fourth-order valence-electron chi connectivity index (χ4n) is 6.19. The summed E-state index contributed by atoms with van der Waals surface area (Å²) in [5, 5.41) is 7.50. The zero-order valence-corrected chi connectivity index (χ0v) is 21.7. The maximum atomic E-state index is 6.16. The largest absolute Gasteiger partial charge is 0.456 e. The second kappa shape index (κ2) is 7.83. The number of aromatic nitrogens is 1. The van der Waals surface area contributed by atoms with Gasteiger partial charge in [-0.25, -0.2) is 0 Å². The smallest absolute Gasteiger partial charge is 0.136 e. The first-order valence-corrected chi connectivity index (χ1v) is 14.0.